The van der Waals surface area contributed by atoms with Gasteiger partial charge in [-0.1, -0.05) is 63.3 Å². The molecule has 0 saturated carbocycles. The highest BCUT2D eigenvalue weighted by atomic mass is 16.3. The number of hydrogen-bond acceptors (Lipinski definition) is 1. The van der Waals surface area contributed by atoms with E-state index in [1.807, 2.05) is 0 Å². The first-order chi connectivity index (χ1) is 11.6. The van der Waals surface area contributed by atoms with Crippen molar-refractivity contribution in [3.8, 4) is 0 Å². The minimum atomic E-state index is -0.0579. The molecule has 2 rings (SSSR count). The highest BCUT2D eigenvalue weighted by Gasteiger charge is 2.28. The smallest absolute Gasteiger partial charge is 0.0825 e. The van der Waals surface area contributed by atoms with Crippen molar-refractivity contribution >= 4 is 0 Å². The molecule has 0 radical (unpaired) electrons. The lowest BCUT2D eigenvalue weighted by Gasteiger charge is -2.39. The first-order valence-electron chi connectivity index (χ1n) is 10.2. The molecule has 0 spiro atoms. The van der Waals surface area contributed by atoms with Crippen LogP contribution in [0.4, 0.5) is 0 Å². The fraction of sp³-hybridized carbons (Fsp3) is 0.727. The maximum atomic E-state index is 9.68. The Bertz CT molecular complexity index is 446. The Kier molecular flexibility index (Phi) is 8.28. The first-order valence-corrected chi connectivity index (χ1v) is 10.2. The van der Waals surface area contributed by atoms with E-state index in [-0.39, 0.29) is 6.10 Å². The van der Waals surface area contributed by atoms with Crippen LogP contribution in [0, 0.1) is 0 Å². The molecule has 1 aliphatic heterocycles. The largest absolute Gasteiger partial charge is 0.393 e. The van der Waals surface area contributed by atoms with Gasteiger partial charge in [-0.2, -0.15) is 0 Å². The van der Waals surface area contributed by atoms with Gasteiger partial charge in [0.1, 0.15) is 0 Å². The van der Waals surface area contributed by atoms with Crippen LogP contribution in [-0.4, -0.2) is 42.4 Å². The van der Waals surface area contributed by atoms with Crippen LogP contribution in [0.25, 0.3) is 0 Å². The second-order valence-electron chi connectivity index (χ2n) is 8.11. The third-order valence-electron chi connectivity index (χ3n) is 5.79. The van der Waals surface area contributed by atoms with Crippen LogP contribution in [-0.2, 0) is 12.8 Å². The number of hydrogen-bond donors (Lipinski definition) is 1. The molecule has 1 aliphatic rings. The minimum absolute atomic E-state index is 0.0579. The fourth-order valence-corrected chi connectivity index (χ4v) is 3.78. The molecule has 0 unspecified atom stereocenters. The number of aliphatic hydroxyl groups excluding tert-OH is 1. The van der Waals surface area contributed by atoms with Gasteiger partial charge in [-0.3, -0.25) is 0 Å². The Hall–Kier alpha value is -0.860. The number of likely N-dealkylation sites (tertiary alicyclic amines) is 1. The van der Waals surface area contributed by atoms with E-state index in [4.69, 9.17) is 0 Å². The van der Waals surface area contributed by atoms with Crippen molar-refractivity contribution in [2.75, 3.05) is 26.7 Å². The molecule has 0 aliphatic carbocycles. The zero-order valence-corrected chi connectivity index (χ0v) is 16.0. The maximum absolute atomic E-state index is 9.68. The lowest BCUT2D eigenvalue weighted by atomic mass is 10.0. The molecule has 1 heterocycles. The minimum Gasteiger partial charge on any atom is -0.393 e. The van der Waals surface area contributed by atoms with Crippen molar-refractivity contribution in [1.82, 2.24) is 0 Å². The number of benzene rings is 1. The summed E-state index contributed by atoms with van der Waals surface area (Å²) in [5, 5.41) is 9.68. The summed E-state index contributed by atoms with van der Waals surface area (Å²) in [5.41, 5.74) is 2.96. The van der Waals surface area contributed by atoms with Gasteiger partial charge in [-0.15, -0.1) is 0 Å². The van der Waals surface area contributed by atoms with Crippen LogP contribution in [0.5, 0.6) is 0 Å². The second-order valence-corrected chi connectivity index (χ2v) is 8.11. The topological polar surface area (TPSA) is 20.2 Å². The summed E-state index contributed by atoms with van der Waals surface area (Å²) in [6.45, 7) is 5.72. The zero-order valence-electron chi connectivity index (χ0n) is 16.0. The molecule has 24 heavy (non-hydrogen) atoms. The van der Waals surface area contributed by atoms with Crippen molar-refractivity contribution in [3.63, 3.8) is 0 Å². The summed E-state index contributed by atoms with van der Waals surface area (Å²) < 4.78 is 1.12. The molecule has 1 aromatic rings. The Morgan fingerprint density at radius 3 is 2.04 bits per heavy atom. The van der Waals surface area contributed by atoms with Crippen molar-refractivity contribution in [1.29, 1.82) is 0 Å². The molecule has 1 fully saturated rings. The van der Waals surface area contributed by atoms with E-state index in [2.05, 4.69) is 38.2 Å². The molecule has 2 heteroatoms. The lowest BCUT2D eigenvalue weighted by Crippen LogP contribution is -2.51. The fourth-order valence-electron chi connectivity index (χ4n) is 3.78. The molecule has 1 aromatic carbocycles. The van der Waals surface area contributed by atoms with Crippen molar-refractivity contribution < 1.29 is 9.59 Å². The molecule has 0 aromatic heterocycles. The first kappa shape index (κ1) is 19.5. The number of aliphatic hydroxyl groups is 1. The SMILES string of the molecule is CCCCCCCCc1ccc(CC[N+]2(C)CCC(O)CC2)cc1. The maximum Gasteiger partial charge on any atom is 0.0825 e. The van der Waals surface area contributed by atoms with Crippen LogP contribution < -0.4 is 0 Å². The molecule has 0 bridgehead atoms. The normalized spacial score (nSPS) is 24.2. The van der Waals surface area contributed by atoms with Crippen molar-refractivity contribution in [2.24, 2.45) is 0 Å². The van der Waals surface area contributed by atoms with Crippen LogP contribution in [0.15, 0.2) is 24.3 Å². The third kappa shape index (κ3) is 6.94. The van der Waals surface area contributed by atoms with E-state index in [0.717, 1.165) is 36.8 Å². The number of nitrogens with zero attached hydrogens (tertiary/aromatic N) is 1. The summed E-state index contributed by atoms with van der Waals surface area (Å²) >= 11 is 0. The zero-order chi connectivity index (χ0) is 17.3. The van der Waals surface area contributed by atoms with Crippen LogP contribution in [0.3, 0.4) is 0 Å². The molecule has 0 atom stereocenters. The summed E-state index contributed by atoms with van der Waals surface area (Å²) in [4.78, 5) is 0. The van der Waals surface area contributed by atoms with Crippen LogP contribution in [0.1, 0.15) is 69.4 Å². The summed E-state index contributed by atoms with van der Waals surface area (Å²) in [5.74, 6) is 0. The molecule has 0 amide bonds. The van der Waals surface area contributed by atoms with Gasteiger partial charge in [0.05, 0.1) is 32.8 Å². The Morgan fingerprint density at radius 2 is 1.42 bits per heavy atom. The molecule has 2 nitrogen and oxygen atoms in total. The summed E-state index contributed by atoms with van der Waals surface area (Å²) in [7, 11) is 2.35. The predicted molar refractivity (Wildman–Crippen MR) is 103 cm³/mol. The van der Waals surface area contributed by atoms with Gasteiger partial charge in [0.25, 0.3) is 0 Å². The number of rotatable bonds is 10. The second kappa shape index (κ2) is 10.2. The highest BCUT2D eigenvalue weighted by molar-refractivity contribution is 5.22. The van der Waals surface area contributed by atoms with Gasteiger partial charge in [-0.05, 0) is 24.0 Å². The van der Waals surface area contributed by atoms with Crippen molar-refractivity contribution in [3.05, 3.63) is 35.4 Å². The average Bonchev–Trinajstić information content (AvgIpc) is 2.60. The average molecular weight is 333 g/mol. The molecule has 1 saturated heterocycles. The van der Waals surface area contributed by atoms with Gasteiger partial charge < -0.3 is 9.59 Å². The highest BCUT2D eigenvalue weighted by Crippen LogP contribution is 2.18. The van der Waals surface area contributed by atoms with Crippen LogP contribution >= 0.6 is 0 Å². The van der Waals surface area contributed by atoms with Crippen molar-refractivity contribution in [2.45, 2.75) is 77.2 Å². The van der Waals surface area contributed by atoms with E-state index >= 15 is 0 Å². The van der Waals surface area contributed by atoms with Gasteiger partial charge in [0, 0.05) is 19.3 Å². The van der Waals surface area contributed by atoms with Gasteiger partial charge in [-0.25, -0.2) is 0 Å². The predicted octanol–water partition coefficient (Wildman–Crippen LogP) is 4.73. The molecular formula is C22H38NO+. The number of unbranched alkanes of at least 4 members (excludes halogenated alkanes) is 5. The number of aryl methyl sites for hydroxylation is 1. The Morgan fingerprint density at radius 1 is 0.875 bits per heavy atom. The summed E-state index contributed by atoms with van der Waals surface area (Å²) in [6.07, 6.45) is 12.5. The van der Waals surface area contributed by atoms with E-state index in [9.17, 15) is 5.11 Å². The van der Waals surface area contributed by atoms with E-state index in [1.54, 1.807) is 0 Å². The van der Waals surface area contributed by atoms with E-state index in [1.165, 1.54) is 62.6 Å². The number of piperidine rings is 1. The molecular weight excluding hydrogens is 294 g/mol. The van der Waals surface area contributed by atoms with E-state index < -0.39 is 0 Å². The van der Waals surface area contributed by atoms with Gasteiger partial charge in [0.2, 0.25) is 0 Å². The van der Waals surface area contributed by atoms with Gasteiger partial charge >= 0.3 is 0 Å². The summed E-state index contributed by atoms with van der Waals surface area (Å²) in [6, 6.07) is 9.33. The quantitative estimate of drug-likeness (QED) is 0.485. The molecule has 136 valence electrons. The lowest BCUT2D eigenvalue weighted by molar-refractivity contribution is -0.914. The third-order valence-corrected chi connectivity index (χ3v) is 5.79. The monoisotopic (exact) mass is 332 g/mol. The number of likely N-dealkylation sites (N-methyl/N-ethyl adjacent to an activating group) is 1. The number of quaternary nitrogens is 1. The standard InChI is InChI=1S/C22H38NO/c1-3-4-5-6-7-8-9-20-10-12-21(13-11-20)14-17-23(2)18-15-22(24)16-19-23/h10-13,22,24H,3-9,14-19H2,1-2H3/q+1. The molecule has 1 N–H and O–H groups in total. The Balaban J connectivity index is 1.66. The Labute approximate surface area is 149 Å². The van der Waals surface area contributed by atoms with Crippen LogP contribution in [0.2, 0.25) is 0 Å². The van der Waals surface area contributed by atoms with E-state index in [0.29, 0.717) is 0 Å². The van der Waals surface area contributed by atoms with Gasteiger partial charge in [0.15, 0.2) is 0 Å².